The Balaban J connectivity index is 0.00000576. The first-order valence-corrected chi connectivity index (χ1v) is 10.1. The van der Waals surface area contributed by atoms with Crippen molar-refractivity contribution in [2.75, 3.05) is 32.9 Å². The molecule has 0 radical (unpaired) electrons. The van der Waals surface area contributed by atoms with Gasteiger partial charge in [-0.15, -0.1) is 24.0 Å². The molecule has 0 spiro atoms. The van der Waals surface area contributed by atoms with Crippen molar-refractivity contribution in [1.29, 1.82) is 0 Å². The molecule has 1 amide bonds. The number of amides is 1. The van der Waals surface area contributed by atoms with E-state index in [9.17, 15) is 4.79 Å². The molecular weight excluding hydrogens is 451 g/mol. The van der Waals surface area contributed by atoms with Crippen molar-refractivity contribution >= 4 is 47.8 Å². The average molecular weight is 486 g/mol. The number of rotatable bonds is 6. The lowest BCUT2D eigenvalue weighted by atomic mass is 10.2. The Morgan fingerprint density at radius 1 is 1.36 bits per heavy atom. The third-order valence-electron chi connectivity index (χ3n) is 3.81. The van der Waals surface area contributed by atoms with Crippen LogP contribution in [0.4, 0.5) is 4.79 Å². The Morgan fingerprint density at radius 2 is 2.04 bits per heavy atom. The Morgan fingerprint density at radius 3 is 2.56 bits per heavy atom. The molecular formula is C17H35IN4O2S. The van der Waals surface area contributed by atoms with Crippen LogP contribution in [0.2, 0.25) is 0 Å². The fourth-order valence-corrected chi connectivity index (χ4v) is 3.34. The zero-order valence-corrected chi connectivity index (χ0v) is 19.6. The Hall–Kier alpha value is -0.380. The van der Waals surface area contributed by atoms with Gasteiger partial charge in [0.25, 0.3) is 0 Å². The SMILES string of the molecule is CCNC(=NCCN(C)C(=O)OC(C)(C)C)NC1CCC(SC)C1.I. The number of hydrogen-bond donors (Lipinski definition) is 2. The number of nitrogens with one attached hydrogen (secondary N) is 2. The minimum absolute atomic E-state index is 0. The molecule has 1 fully saturated rings. The van der Waals surface area contributed by atoms with Crippen LogP contribution in [0, 0.1) is 0 Å². The number of ether oxygens (including phenoxy) is 1. The zero-order chi connectivity index (χ0) is 18.2. The highest BCUT2D eigenvalue weighted by Gasteiger charge is 2.24. The second kappa shape index (κ2) is 12.1. The van der Waals surface area contributed by atoms with Crippen LogP contribution in [0.5, 0.6) is 0 Å². The molecule has 2 atom stereocenters. The maximum Gasteiger partial charge on any atom is 0.410 e. The van der Waals surface area contributed by atoms with Gasteiger partial charge in [-0.05, 0) is 53.2 Å². The maximum absolute atomic E-state index is 11.9. The highest BCUT2D eigenvalue weighted by atomic mass is 127. The summed E-state index contributed by atoms with van der Waals surface area (Å²) < 4.78 is 5.34. The quantitative estimate of drug-likeness (QED) is 0.343. The summed E-state index contributed by atoms with van der Waals surface area (Å²) in [5.74, 6) is 0.835. The number of hydrogen-bond acceptors (Lipinski definition) is 4. The first-order valence-electron chi connectivity index (χ1n) is 8.77. The largest absolute Gasteiger partial charge is 0.444 e. The number of guanidine groups is 1. The summed E-state index contributed by atoms with van der Waals surface area (Å²) in [5, 5.41) is 7.55. The number of thioether (sulfide) groups is 1. The van der Waals surface area contributed by atoms with Gasteiger partial charge in [0.2, 0.25) is 0 Å². The second-order valence-electron chi connectivity index (χ2n) is 7.17. The van der Waals surface area contributed by atoms with Crippen LogP contribution in [0.3, 0.4) is 0 Å². The molecule has 1 saturated carbocycles. The fourth-order valence-electron chi connectivity index (χ4n) is 2.54. The topological polar surface area (TPSA) is 66.0 Å². The fraction of sp³-hybridized carbons (Fsp3) is 0.882. The van der Waals surface area contributed by atoms with Gasteiger partial charge in [-0.2, -0.15) is 11.8 Å². The van der Waals surface area contributed by atoms with Gasteiger partial charge in [0, 0.05) is 31.4 Å². The predicted molar refractivity (Wildman–Crippen MR) is 118 cm³/mol. The average Bonchev–Trinajstić information content (AvgIpc) is 2.93. The molecule has 8 heteroatoms. The van der Waals surface area contributed by atoms with Gasteiger partial charge >= 0.3 is 6.09 Å². The van der Waals surface area contributed by atoms with Crippen LogP contribution in [0.25, 0.3) is 0 Å². The van der Waals surface area contributed by atoms with Gasteiger partial charge in [0.15, 0.2) is 5.96 Å². The van der Waals surface area contributed by atoms with E-state index in [1.165, 1.54) is 19.3 Å². The number of likely N-dealkylation sites (N-methyl/N-ethyl adjacent to an activating group) is 1. The first-order chi connectivity index (χ1) is 11.2. The standard InChI is InChI=1S/C17H34N4O2S.HI/c1-7-18-15(20-13-8-9-14(12-13)24-6)19-10-11-21(5)16(22)23-17(2,3)4;/h13-14H,7-12H2,1-6H3,(H2,18,19,20);1H. The van der Waals surface area contributed by atoms with Crippen molar-refractivity contribution < 1.29 is 9.53 Å². The molecule has 148 valence electrons. The lowest BCUT2D eigenvalue weighted by molar-refractivity contribution is 0.0304. The molecule has 2 unspecified atom stereocenters. The van der Waals surface area contributed by atoms with Crippen molar-refractivity contribution in [1.82, 2.24) is 15.5 Å². The van der Waals surface area contributed by atoms with Crippen molar-refractivity contribution in [3.8, 4) is 0 Å². The normalized spacial score (nSPS) is 20.6. The van der Waals surface area contributed by atoms with E-state index < -0.39 is 5.60 Å². The van der Waals surface area contributed by atoms with E-state index in [1.54, 1.807) is 11.9 Å². The van der Waals surface area contributed by atoms with Crippen molar-refractivity contribution in [3.63, 3.8) is 0 Å². The van der Waals surface area contributed by atoms with E-state index in [0.29, 0.717) is 19.1 Å². The van der Waals surface area contributed by atoms with Crippen LogP contribution in [-0.4, -0.2) is 66.8 Å². The van der Waals surface area contributed by atoms with Gasteiger partial charge < -0.3 is 20.3 Å². The van der Waals surface area contributed by atoms with Gasteiger partial charge in [-0.25, -0.2) is 4.79 Å². The zero-order valence-electron chi connectivity index (χ0n) is 16.4. The van der Waals surface area contributed by atoms with E-state index >= 15 is 0 Å². The van der Waals surface area contributed by atoms with E-state index in [1.807, 2.05) is 32.5 Å². The van der Waals surface area contributed by atoms with Crippen LogP contribution in [-0.2, 0) is 4.74 Å². The molecule has 1 rings (SSSR count). The highest BCUT2D eigenvalue weighted by molar-refractivity contribution is 14.0. The molecule has 0 aromatic heterocycles. The lowest BCUT2D eigenvalue weighted by Crippen LogP contribution is -2.43. The predicted octanol–water partition coefficient (Wildman–Crippen LogP) is 3.31. The molecule has 0 aromatic rings. The molecule has 0 saturated heterocycles. The summed E-state index contributed by atoms with van der Waals surface area (Å²) in [7, 11) is 1.74. The minimum atomic E-state index is -0.471. The Kier molecular flexibility index (Phi) is 11.9. The molecule has 2 N–H and O–H groups in total. The number of nitrogens with zero attached hydrogens (tertiary/aromatic N) is 2. The van der Waals surface area contributed by atoms with E-state index in [0.717, 1.165) is 17.8 Å². The number of halogens is 1. The van der Waals surface area contributed by atoms with Crippen LogP contribution in [0.15, 0.2) is 4.99 Å². The van der Waals surface area contributed by atoms with Gasteiger partial charge in [-0.1, -0.05) is 0 Å². The summed E-state index contributed by atoms with van der Waals surface area (Å²) in [6, 6.07) is 0.490. The molecule has 0 aliphatic heterocycles. The summed E-state index contributed by atoms with van der Waals surface area (Å²) in [6.45, 7) is 9.57. The molecule has 1 aliphatic rings. The number of carbonyl (C=O) groups is 1. The summed E-state index contributed by atoms with van der Waals surface area (Å²) in [6.07, 6.45) is 5.50. The van der Waals surface area contributed by atoms with Crippen LogP contribution < -0.4 is 10.6 Å². The lowest BCUT2D eigenvalue weighted by Gasteiger charge is -2.24. The van der Waals surface area contributed by atoms with E-state index in [4.69, 9.17) is 4.74 Å². The molecule has 25 heavy (non-hydrogen) atoms. The molecule has 1 aliphatic carbocycles. The summed E-state index contributed by atoms with van der Waals surface area (Å²) >= 11 is 1.95. The summed E-state index contributed by atoms with van der Waals surface area (Å²) in [5.41, 5.74) is -0.471. The minimum Gasteiger partial charge on any atom is -0.444 e. The van der Waals surface area contributed by atoms with Gasteiger partial charge in [-0.3, -0.25) is 4.99 Å². The van der Waals surface area contributed by atoms with Gasteiger partial charge in [0.05, 0.1) is 6.54 Å². The molecule has 0 bridgehead atoms. The Labute approximate surface area is 174 Å². The maximum atomic E-state index is 11.9. The van der Waals surface area contributed by atoms with Crippen LogP contribution in [0.1, 0.15) is 47.0 Å². The van der Waals surface area contributed by atoms with Gasteiger partial charge in [0.1, 0.15) is 5.60 Å². The monoisotopic (exact) mass is 486 g/mol. The number of carbonyl (C=O) groups excluding carboxylic acids is 1. The third-order valence-corrected chi connectivity index (χ3v) is 4.91. The van der Waals surface area contributed by atoms with Crippen molar-refractivity contribution in [2.24, 2.45) is 4.99 Å². The van der Waals surface area contributed by atoms with E-state index in [2.05, 4.69) is 28.8 Å². The Bertz CT molecular complexity index is 429. The van der Waals surface area contributed by atoms with E-state index in [-0.39, 0.29) is 30.1 Å². The highest BCUT2D eigenvalue weighted by Crippen LogP contribution is 2.27. The van der Waals surface area contributed by atoms with Crippen LogP contribution >= 0.6 is 35.7 Å². The smallest absolute Gasteiger partial charge is 0.410 e. The number of aliphatic imine (C=N–C) groups is 1. The molecule has 0 aromatic carbocycles. The molecule has 0 heterocycles. The second-order valence-corrected chi connectivity index (χ2v) is 8.31. The third kappa shape index (κ3) is 10.4. The van der Waals surface area contributed by atoms with Crippen molar-refractivity contribution in [3.05, 3.63) is 0 Å². The van der Waals surface area contributed by atoms with Crippen molar-refractivity contribution in [2.45, 2.75) is 63.9 Å². The first kappa shape index (κ1) is 24.6. The summed E-state index contributed by atoms with van der Waals surface area (Å²) in [4.78, 5) is 18.1. The molecule has 6 nitrogen and oxygen atoms in total.